The first kappa shape index (κ1) is 12.9. The number of hydrogen-bond donors (Lipinski definition) is 2. The molecule has 4 aliphatic carbocycles. The van der Waals surface area contributed by atoms with Gasteiger partial charge >= 0.3 is 0 Å². The number of rotatable bonds is 3. The Balaban J connectivity index is 1.57. The van der Waals surface area contributed by atoms with Crippen LogP contribution in [0.2, 0.25) is 0 Å². The van der Waals surface area contributed by atoms with Gasteiger partial charge in [0.25, 0.3) is 0 Å². The molecule has 0 radical (unpaired) electrons. The van der Waals surface area contributed by atoms with Crippen molar-refractivity contribution < 1.29 is 0 Å². The van der Waals surface area contributed by atoms with Gasteiger partial charge in [0.1, 0.15) is 0 Å². The molecule has 4 fully saturated rings. The van der Waals surface area contributed by atoms with Gasteiger partial charge in [0, 0.05) is 18.6 Å². The van der Waals surface area contributed by atoms with Gasteiger partial charge in [-0.05, 0) is 61.2 Å². The van der Waals surface area contributed by atoms with E-state index in [1.807, 2.05) is 0 Å². The van der Waals surface area contributed by atoms with Crippen LogP contribution in [0.4, 0.5) is 0 Å². The SMILES string of the molecule is CC(C)(C)[C@H](N)CNC1C2CC3CC(C2)CC1C3. The average Bonchev–Trinajstić information content (AvgIpc) is 2.25. The zero-order valence-corrected chi connectivity index (χ0v) is 12.3. The topological polar surface area (TPSA) is 38.0 Å². The molecule has 0 spiro atoms. The van der Waals surface area contributed by atoms with Crippen molar-refractivity contribution in [1.82, 2.24) is 5.32 Å². The second kappa shape index (κ2) is 4.49. The lowest BCUT2D eigenvalue weighted by Crippen LogP contribution is -2.57. The predicted octanol–water partition coefficient (Wildman–Crippen LogP) is 2.77. The zero-order chi connectivity index (χ0) is 12.9. The minimum atomic E-state index is 0.221. The highest BCUT2D eigenvalue weighted by molar-refractivity contribution is 5.01. The van der Waals surface area contributed by atoms with E-state index in [0.717, 1.165) is 36.3 Å². The first-order valence-electron chi connectivity index (χ1n) is 7.92. The molecule has 4 rings (SSSR count). The monoisotopic (exact) mass is 250 g/mol. The molecule has 1 atom stereocenters. The first-order chi connectivity index (χ1) is 8.43. The molecule has 18 heavy (non-hydrogen) atoms. The average molecular weight is 250 g/mol. The van der Waals surface area contributed by atoms with Crippen molar-refractivity contribution in [3.8, 4) is 0 Å². The number of nitrogens with two attached hydrogens (primary N) is 1. The Morgan fingerprint density at radius 1 is 1.00 bits per heavy atom. The van der Waals surface area contributed by atoms with Crippen LogP contribution in [0, 0.1) is 29.1 Å². The first-order valence-corrected chi connectivity index (χ1v) is 7.92. The van der Waals surface area contributed by atoms with Gasteiger partial charge in [0.05, 0.1) is 0 Å². The predicted molar refractivity (Wildman–Crippen MR) is 76.3 cm³/mol. The van der Waals surface area contributed by atoms with Crippen LogP contribution < -0.4 is 11.1 Å². The van der Waals surface area contributed by atoms with Crippen LogP contribution in [-0.4, -0.2) is 18.6 Å². The van der Waals surface area contributed by atoms with Crippen molar-refractivity contribution in [2.75, 3.05) is 6.54 Å². The Labute approximate surface area is 112 Å². The van der Waals surface area contributed by atoms with E-state index in [9.17, 15) is 0 Å². The molecule has 0 aromatic carbocycles. The van der Waals surface area contributed by atoms with Crippen LogP contribution in [0.25, 0.3) is 0 Å². The quantitative estimate of drug-likeness (QED) is 0.808. The Hall–Kier alpha value is -0.0800. The molecule has 104 valence electrons. The maximum atomic E-state index is 6.29. The minimum Gasteiger partial charge on any atom is -0.326 e. The summed E-state index contributed by atoms with van der Waals surface area (Å²) in [4.78, 5) is 0. The van der Waals surface area contributed by atoms with Crippen LogP contribution in [-0.2, 0) is 0 Å². The van der Waals surface area contributed by atoms with Gasteiger partial charge in [-0.2, -0.15) is 0 Å². The molecule has 0 aliphatic heterocycles. The Morgan fingerprint density at radius 3 is 1.94 bits per heavy atom. The standard InChI is InChI=1S/C16H30N2/c1-16(2,3)14(17)9-18-15-12-5-10-4-11(7-12)8-13(15)6-10/h10-15,18H,4-9,17H2,1-3H3/t10?,11?,12?,13?,14-,15?/m1/s1. The molecule has 4 saturated carbocycles. The van der Waals surface area contributed by atoms with Crippen LogP contribution in [0.5, 0.6) is 0 Å². The smallest absolute Gasteiger partial charge is 0.0214 e. The zero-order valence-electron chi connectivity index (χ0n) is 12.3. The van der Waals surface area contributed by atoms with Crippen molar-refractivity contribution in [3.63, 3.8) is 0 Å². The maximum Gasteiger partial charge on any atom is 0.0214 e. The molecule has 0 aromatic rings. The summed E-state index contributed by atoms with van der Waals surface area (Å²) in [5.41, 5.74) is 6.51. The molecule has 0 saturated heterocycles. The highest BCUT2D eigenvalue weighted by Crippen LogP contribution is 2.53. The molecule has 0 amide bonds. The third-order valence-corrected chi connectivity index (χ3v) is 5.91. The van der Waals surface area contributed by atoms with Gasteiger partial charge in [-0.3, -0.25) is 0 Å². The van der Waals surface area contributed by atoms with E-state index in [-0.39, 0.29) is 11.5 Å². The van der Waals surface area contributed by atoms with E-state index in [4.69, 9.17) is 5.73 Å². The Bertz CT molecular complexity index is 277. The fourth-order valence-electron chi connectivity index (χ4n) is 4.83. The summed E-state index contributed by atoms with van der Waals surface area (Å²) in [6.07, 6.45) is 7.52. The highest BCUT2D eigenvalue weighted by Gasteiger charge is 2.48. The molecule has 3 N–H and O–H groups in total. The van der Waals surface area contributed by atoms with Crippen LogP contribution in [0.3, 0.4) is 0 Å². The third-order valence-electron chi connectivity index (χ3n) is 5.91. The molecule has 0 heterocycles. The molecular weight excluding hydrogens is 220 g/mol. The normalized spacial score (nSPS) is 44.3. The van der Waals surface area contributed by atoms with Gasteiger partial charge in [-0.1, -0.05) is 20.8 Å². The second-order valence-corrected chi connectivity index (χ2v) is 8.34. The Morgan fingerprint density at radius 2 is 1.50 bits per heavy atom. The summed E-state index contributed by atoms with van der Waals surface area (Å²) >= 11 is 0. The minimum absolute atomic E-state index is 0.221. The van der Waals surface area contributed by atoms with E-state index < -0.39 is 0 Å². The van der Waals surface area contributed by atoms with Crippen LogP contribution >= 0.6 is 0 Å². The van der Waals surface area contributed by atoms with Gasteiger partial charge < -0.3 is 11.1 Å². The van der Waals surface area contributed by atoms with Crippen molar-refractivity contribution in [2.45, 2.75) is 65.0 Å². The molecular formula is C16H30N2. The molecule has 4 aliphatic rings. The van der Waals surface area contributed by atoms with E-state index in [1.54, 1.807) is 6.42 Å². The molecule has 2 heteroatoms. The van der Waals surface area contributed by atoms with Crippen molar-refractivity contribution >= 4 is 0 Å². The molecule has 2 nitrogen and oxygen atoms in total. The number of nitrogens with one attached hydrogen (secondary N) is 1. The molecule has 0 aromatic heterocycles. The van der Waals surface area contributed by atoms with Crippen molar-refractivity contribution in [3.05, 3.63) is 0 Å². The van der Waals surface area contributed by atoms with Crippen LogP contribution in [0.15, 0.2) is 0 Å². The van der Waals surface area contributed by atoms with E-state index in [1.165, 1.54) is 25.7 Å². The Kier molecular flexibility index (Phi) is 3.22. The summed E-state index contributed by atoms with van der Waals surface area (Å²) < 4.78 is 0. The third kappa shape index (κ3) is 2.34. The van der Waals surface area contributed by atoms with Crippen LogP contribution in [0.1, 0.15) is 52.9 Å². The van der Waals surface area contributed by atoms with E-state index >= 15 is 0 Å². The maximum absolute atomic E-state index is 6.29. The summed E-state index contributed by atoms with van der Waals surface area (Å²) in [5, 5.41) is 3.85. The van der Waals surface area contributed by atoms with E-state index in [0.29, 0.717) is 0 Å². The molecule has 4 bridgehead atoms. The largest absolute Gasteiger partial charge is 0.326 e. The van der Waals surface area contributed by atoms with Gasteiger partial charge in [-0.25, -0.2) is 0 Å². The summed E-state index contributed by atoms with van der Waals surface area (Å²) in [6, 6.07) is 1.06. The number of hydrogen-bond acceptors (Lipinski definition) is 2. The lowest BCUT2D eigenvalue weighted by molar-refractivity contribution is -0.0148. The fraction of sp³-hybridized carbons (Fsp3) is 1.00. The highest BCUT2D eigenvalue weighted by atomic mass is 15.0. The van der Waals surface area contributed by atoms with Gasteiger partial charge in [0.15, 0.2) is 0 Å². The molecule has 0 unspecified atom stereocenters. The van der Waals surface area contributed by atoms with Gasteiger partial charge in [0.2, 0.25) is 0 Å². The second-order valence-electron chi connectivity index (χ2n) is 8.34. The summed E-state index contributed by atoms with van der Waals surface area (Å²) in [5.74, 6) is 4.07. The lowest BCUT2D eigenvalue weighted by atomic mass is 9.54. The van der Waals surface area contributed by atoms with Crippen molar-refractivity contribution in [2.24, 2.45) is 34.8 Å². The summed E-state index contributed by atoms with van der Waals surface area (Å²) in [7, 11) is 0. The summed E-state index contributed by atoms with van der Waals surface area (Å²) in [6.45, 7) is 7.74. The van der Waals surface area contributed by atoms with E-state index in [2.05, 4.69) is 26.1 Å². The lowest BCUT2D eigenvalue weighted by Gasteiger charge is -2.55. The fourth-order valence-corrected chi connectivity index (χ4v) is 4.83. The van der Waals surface area contributed by atoms with Crippen molar-refractivity contribution in [1.29, 1.82) is 0 Å². The van der Waals surface area contributed by atoms with Gasteiger partial charge in [-0.15, -0.1) is 0 Å².